The molecule has 4 N–H and O–H groups in total. The number of hydrogen-bond acceptors (Lipinski definition) is 18. The quantitative estimate of drug-likeness (QED) is 0.0945. The van der Waals surface area contributed by atoms with Crippen molar-refractivity contribution in [2.75, 3.05) is 21.3 Å². The zero-order valence-electron chi connectivity index (χ0n) is 44.8. The molecule has 75 heavy (non-hydrogen) atoms. The molecule has 9 rings (SSSR count). The molecule has 0 bridgehead atoms. The van der Waals surface area contributed by atoms with Gasteiger partial charge in [-0.25, -0.2) is 9.59 Å². The van der Waals surface area contributed by atoms with Crippen LogP contribution < -0.4 is 0 Å². The van der Waals surface area contributed by atoms with Crippen molar-refractivity contribution < 1.29 is 82.1 Å². The lowest BCUT2D eigenvalue weighted by Crippen LogP contribution is -2.78. The van der Waals surface area contributed by atoms with E-state index in [1.54, 1.807) is 60.3 Å². The predicted octanol–water partition coefficient (Wildman–Crippen LogP) is 5.75. The first kappa shape index (κ1) is 56.0. The summed E-state index contributed by atoms with van der Waals surface area (Å²) in [5.74, 6) is -1.99. The molecular weight excluding hydrogens is 971 g/mol. The van der Waals surface area contributed by atoms with Crippen molar-refractivity contribution in [2.24, 2.45) is 16.7 Å². The minimum Gasteiger partial charge on any atom is -0.458 e. The van der Waals surface area contributed by atoms with Crippen molar-refractivity contribution >= 4 is 18.0 Å². The fourth-order valence-corrected chi connectivity index (χ4v) is 14.2. The van der Waals surface area contributed by atoms with Crippen LogP contribution in [-0.2, 0) is 56.9 Å². The van der Waals surface area contributed by atoms with E-state index in [2.05, 4.69) is 11.9 Å². The van der Waals surface area contributed by atoms with Crippen LogP contribution in [0.3, 0.4) is 0 Å². The van der Waals surface area contributed by atoms with E-state index in [-0.39, 0.29) is 43.5 Å². The zero-order chi connectivity index (χ0) is 53.7. The first-order chi connectivity index (χ1) is 35.7. The molecule has 414 valence electrons. The minimum atomic E-state index is -2.00. The third-order valence-electron chi connectivity index (χ3n) is 18.7. The van der Waals surface area contributed by atoms with Gasteiger partial charge in [-0.05, 0) is 102 Å². The topological polar surface area (TPSA) is 229 Å². The first-order valence-electron chi connectivity index (χ1n) is 26.8. The van der Waals surface area contributed by atoms with Crippen molar-refractivity contribution in [3.8, 4) is 0 Å². The number of pyridine rings is 1. The molecule has 21 unspecified atom stereocenters. The molecule has 18 heteroatoms. The van der Waals surface area contributed by atoms with E-state index in [1.165, 1.54) is 18.5 Å². The Morgan fingerprint density at radius 3 is 2.00 bits per heavy atom. The van der Waals surface area contributed by atoms with E-state index >= 15 is 0 Å². The van der Waals surface area contributed by atoms with Gasteiger partial charge in [0, 0.05) is 65.0 Å². The summed E-state index contributed by atoms with van der Waals surface area (Å²) in [6.07, 6.45) is 2.13. The average molecular weight is 1050 g/mol. The van der Waals surface area contributed by atoms with Crippen LogP contribution >= 0.6 is 0 Å². The Morgan fingerprint density at radius 2 is 1.39 bits per heavy atom. The summed E-state index contributed by atoms with van der Waals surface area (Å²) in [6, 6.07) is 12.5. The van der Waals surface area contributed by atoms with Gasteiger partial charge in [0.1, 0.15) is 47.3 Å². The first-order valence-corrected chi connectivity index (χ1v) is 26.8. The van der Waals surface area contributed by atoms with Gasteiger partial charge >= 0.3 is 11.9 Å². The van der Waals surface area contributed by atoms with Crippen LogP contribution in [0.1, 0.15) is 122 Å². The summed E-state index contributed by atoms with van der Waals surface area (Å²) in [6.45, 7) is 11.0. The van der Waals surface area contributed by atoms with Gasteiger partial charge in [0.2, 0.25) is 0 Å². The summed E-state index contributed by atoms with van der Waals surface area (Å²) in [4.78, 5) is 31.4. The van der Waals surface area contributed by atoms with Gasteiger partial charge in [0.05, 0.1) is 53.7 Å². The van der Waals surface area contributed by atoms with Crippen LogP contribution in [-0.4, -0.2) is 168 Å². The van der Waals surface area contributed by atoms with Crippen LogP contribution in [0.15, 0.2) is 72.6 Å². The average Bonchev–Trinajstić information content (AvgIpc) is 3.64. The fourth-order valence-electron chi connectivity index (χ4n) is 14.2. The second-order valence-electron chi connectivity index (χ2n) is 22.5. The number of carbonyl (C=O) groups excluding carboxylic acids is 2. The van der Waals surface area contributed by atoms with Gasteiger partial charge < -0.3 is 72.5 Å². The van der Waals surface area contributed by atoms with E-state index in [0.29, 0.717) is 38.5 Å². The van der Waals surface area contributed by atoms with Crippen LogP contribution in [0.4, 0.5) is 0 Å². The Hall–Kier alpha value is -3.73. The molecule has 0 spiro atoms. The smallest absolute Gasteiger partial charge is 0.340 e. The lowest BCUT2D eigenvalue weighted by molar-refractivity contribution is -0.339. The predicted molar refractivity (Wildman–Crippen MR) is 269 cm³/mol. The Bertz CT molecular complexity index is 2360. The van der Waals surface area contributed by atoms with E-state index in [4.69, 9.17) is 52.1 Å². The molecule has 6 fully saturated rings. The lowest BCUT2D eigenvalue weighted by atomic mass is 9.42. The van der Waals surface area contributed by atoms with E-state index in [0.717, 1.165) is 11.1 Å². The Labute approximate surface area is 440 Å². The Morgan fingerprint density at radius 1 is 0.773 bits per heavy atom. The number of aliphatic hydroxyl groups is 4. The molecule has 21 atom stereocenters. The third kappa shape index (κ3) is 10.2. The maximum Gasteiger partial charge on any atom is 0.340 e. The van der Waals surface area contributed by atoms with Gasteiger partial charge in [-0.15, -0.1) is 0 Å². The van der Waals surface area contributed by atoms with E-state index < -0.39 is 125 Å². The number of nitrogens with zero attached hydrogens (tertiary/aromatic N) is 1. The molecule has 0 radical (unpaired) electrons. The van der Waals surface area contributed by atoms with Crippen LogP contribution in [0.2, 0.25) is 0 Å². The summed E-state index contributed by atoms with van der Waals surface area (Å²) >= 11 is 0. The molecular formula is C57H79NO17. The summed E-state index contributed by atoms with van der Waals surface area (Å²) < 4.78 is 68.6. The summed E-state index contributed by atoms with van der Waals surface area (Å²) in [5, 5.41) is 50.1. The SMILES string of the molecule is COC1CC(OC2C(C)OC(OC3C(C)OC(OC4CCC5(C)C(=CCC6(O)C5CC(OC(=O)C=Cc5ccccc5)C5(C)C(O)(C(C)OC(=O)c7cccnc7)CCC65O)C4)CC3OC)CC2OC)OC(C)C1O. The third-order valence-corrected chi connectivity index (χ3v) is 18.7. The number of esters is 2. The number of rotatable bonds is 15. The van der Waals surface area contributed by atoms with Gasteiger partial charge in [0.25, 0.3) is 0 Å². The second kappa shape index (κ2) is 22.2. The largest absolute Gasteiger partial charge is 0.458 e. The lowest BCUT2D eigenvalue weighted by Gasteiger charge is -2.67. The number of aromatic nitrogens is 1. The van der Waals surface area contributed by atoms with Gasteiger partial charge in [-0.2, -0.15) is 0 Å². The molecule has 3 saturated heterocycles. The van der Waals surface area contributed by atoms with Crippen molar-refractivity contribution in [1.29, 1.82) is 0 Å². The molecule has 1 aromatic carbocycles. The maximum absolute atomic E-state index is 13.9. The van der Waals surface area contributed by atoms with Gasteiger partial charge in [-0.1, -0.05) is 55.8 Å². The monoisotopic (exact) mass is 1050 g/mol. The minimum absolute atomic E-state index is 0.0452. The van der Waals surface area contributed by atoms with Crippen molar-refractivity contribution in [3.05, 3.63) is 83.7 Å². The number of ether oxygens (including phenoxy) is 11. The molecule has 4 aliphatic carbocycles. The fraction of sp³-hybridized carbons (Fsp3) is 0.702. The number of benzene rings is 1. The number of aliphatic hydroxyl groups excluding tert-OH is 1. The van der Waals surface area contributed by atoms with Crippen LogP contribution in [0.5, 0.6) is 0 Å². The highest BCUT2D eigenvalue weighted by molar-refractivity contribution is 5.89. The zero-order valence-corrected chi connectivity index (χ0v) is 44.8. The normalized spacial score (nSPS) is 44.2. The second-order valence-corrected chi connectivity index (χ2v) is 22.5. The maximum atomic E-state index is 13.9. The highest BCUT2D eigenvalue weighted by Gasteiger charge is 2.81. The van der Waals surface area contributed by atoms with Crippen molar-refractivity contribution in [3.63, 3.8) is 0 Å². The molecule has 3 saturated carbocycles. The number of methoxy groups -OCH3 is 3. The number of hydrogen-bond donors (Lipinski definition) is 4. The molecule has 2 aromatic rings. The highest BCUT2D eigenvalue weighted by atomic mass is 16.7. The van der Waals surface area contributed by atoms with Gasteiger partial charge in [-0.3, -0.25) is 4.98 Å². The Kier molecular flexibility index (Phi) is 16.6. The molecule has 18 nitrogen and oxygen atoms in total. The standard InChI is InChI=1S/C57H79NO17/c1-32-49(60)40(65-7)27-47(68-32)74-51-34(3)70-48(29-42(51)67-9)75-50-33(2)69-46(28-41(50)66-8)72-39-20-21-53(5)38(26-39)19-22-56(63)43(53)30-44(73-45(59)18-17-36-14-11-10-12-15-36)54(6)55(62,23-24-57(54,56)64)35(4)71-52(61)37-16-13-25-58-31-37/h10-19,25,31-35,39-44,46-51,60,62-64H,20-24,26-30H2,1-9H3. The molecule has 0 amide bonds. The van der Waals surface area contributed by atoms with Crippen LogP contribution in [0, 0.1) is 16.7 Å². The summed E-state index contributed by atoms with van der Waals surface area (Å²) in [7, 11) is 4.84. The van der Waals surface area contributed by atoms with E-state index in [1.807, 2.05) is 50.3 Å². The van der Waals surface area contributed by atoms with Gasteiger partial charge in [0.15, 0.2) is 18.9 Å². The molecule has 7 aliphatic rings. The number of carbonyl (C=O) groups is 2. The van der Waals surface area contributed by atoms with Crippen LogP contribution in [0.25, 0.3) is 6.08 Å². The molecule has 1 aromatic heterocycles. The Balaban J connectivity index is 0.881. The molecule has 4 heterocycles. The molecule has 3 aliphatic heterocycles. The highest BCUT2D eigenvalue weighted by Crippen LogP contribution is 2.71. The van der Waals surface area contributed by atoms with Crippen molar-refractivity contribution in [2.45, 2.75) is 215 Å². The number of fused-ring (bicyclic) bond motifs is 5. The summed E-state index contributed by atoms with van der Waals surface area (Å²) in [5.41, 5.74) is -6.05. The van der Waals surface area contributed by atoms with Crippen molar-refractivity contribution in [1.82, 2.24) is 4.98 Å². The van der Waals surface area contributed by atoms with E-state index in [9.17, 15) is 30.0 Å².